The van der Waals surface area contributed by atoms with Gasteiger partial charge in [-0.1, -0.05) is 48.0 Å². The van der Waals surface area contributed by atoms with Gasteiger partial charge in [0.2, 0.25) is 0 Å². The lowest BCUT2D eigenvalue weighted by Crippen LogP contribution is -2.32. The van der Waals surface area contributed by atoms with Crippen molar-refractivity contribution in [1.29, 1.82) is 0 Å². The fourth-order valence-corrected chi connectivity index (χ4v) is 4.27. The molecule has 110 valence electrons. The molecule has 0 saturated carbocycles. The van der Waals surface area contributed by atoms with Crippen LogP contribution >= 0.6 is 11.6 Å². The molecule has 4 heteroatoms. The number of halogens is 1. The highest BCUT2D eigenvalue weighted by atomic mass is 35.5. The molecule has 2 nitrogen and oxygen atoms in total. The van der Waals surface area contributed by atoms with Crippen molar-refractivity contribution in [1.82, 2.24) is 0 Å². The molecule has 0 fully saturated rings. The van der Waals surface area contributed by atoms with Gasteiger partial charge < -0.3 is 0 Å². The molecule has 0 amide bonds. The first-order valence-electron chi connectivity index (χ1n) is 6.58. The Kier molecular flexibility index (Phi) is 4.55. The van der Waals surface area contributed by atoms with Crippen molar-refractivity contribution in [3.8, 4) is 0 Å². The molecule has 0 radical (unpaired) electrons. The minimum absolute atomic E-state index is 0.310. The average Bonchev–Trinajstić information content (AvgIpc) is 2.49. The second kappa shape index (κ2) is 6.04. The lowest BCUT2D eigenvalue weighted by atomic mass is 9.97. The highest BCUT2D eigenvalue weighted by Gasteiger charge is 2.40. The van der Waals surface area contributed by atoms with Gasteiger partial charge in [0, 0.05) is 5.02 Å². The maximum Gasteiger partial charge on any atom is 0.188 e. The zero-order valence-corrected chi connectivity index (χ0v) is 13.4. The van der Waals surface area contributed by atoms with Gasteiger partial charge in [0.15, 0.2) is 9.84 Å². The van der Waals surface area contributed by atoms with Gasteiger partial charge >= 0.3 is 0 Å². The van der Waals surface area contributed by atoms with E-state index in [0.717, 1.165) is 0 Å². The van der Waals surface area contributed by atoms with Crippen molar-refractivity contribution in [2.24, 2.45) is 0 Å². The second-order valence-electron chi connectivity index (χ2n) is 5.05. The zero-order valence-electron chi connectivity index (χ0n) is 11.8. The van der Waals surface area contributed by atoms with Gasteiger partial charge in [-0.05, 0) is 43.2 Å². The monoisotopic (exact) mass is 320 g/mol. The number of sulfone groups is 1. The first kappa shape index (κ1) is 15.8. The van der Waals surface area contributed by atoms with Crippen LogP contribution in [0, 0.1) is 0 Å². The molecule has 0 aliphatic carbocycles. The van der Waals surface area contributed by atoms with E-state index in [-0.39, 0.29) is 0 Å². The summed E-state index contributed by atoms with van der Waals surface area (Å²) in [7, 11) is -3.54. The van der Waals surface area contributed by atoms with Gasteiger partial charge in [-0.3, -0.25) is 0 Å². The van der Waals surface area contributed by atoms with Gasteiger partial charge in [-0.2, -0.15) is 0 Å². The Bertz CT molecular complexity index is 721. The number of benzene rings is 2. The summed E-state index contributed by atoms with van der Waals surface area (Å²) in [6.07, 6.45) is 1.96. The fourth-order valence-electron chi connectivity index (χ4n) is 2.32. The summed E-state index contributed by atoms with van der Waals surface area (Å²) in [4.78, 5) is 0.310. The third-order valence-corrected chi connectivity index (χ3v) is 6.37. The lowest BCUT2D eigenvalue weighted by molar-refractivity contribution is 0.540. The van der Waals surface area contributed by atoms with Crippen molar-refractivity contribution in [2.75, 3.05) is 0 Å². The highest BCUT2D eigenvalue weighted by Crippen LogP contribution is 2.38. The normalized spacial score (nSPS) is 14.4. The molecular formula is C17H17ClO2S. The standard InChI is InChI=1S/C17H17ClO2S/c1-3-13-17(2,14-9-11-15(18)12-10-14)21(19,20)16-7-5-4-6-8-16/h3-12H,1,13H2,2H3/t17-/m1/s1. The van der Waals surface area contributed by atoms with E-state index < -0.39 is 14.6 Å². The Morgan fingerprint density at radius 3 is 2.19 bits per heavy atom. The maximum atomic E-state index is 13.0. The van der Waals surface area contributed by atoms with E-state index in [4.69, 9.17) is 11.6 Å². The third-order valence-electron chi connectivity index (χ3n) is 3.64. The molecule has 0 saturated heterocycles. The summed E-state index contributed by atoms with van der Waals surface area (Å²) in [5, 5.41) is 0.580. The van der Waals surface area contributed by atoms with Gasteiger partial charge in [0.25, 0.3) is 0 Å². The Morgan fingerprint density at radius 1 is 1.10 bits per heavy atom. The molecule has 0 unspecified atom stereocenters. The van der Waals surface area contributed by atoms with Crippen molar-refractivity contribution < 1.29 is 8.42 Å². The Labute approximate surface area is 131 Å². The van der Waals surface area contributed by atoms with Gasteiger partial charge in [-0.25, -0.2) is 8.42 Å². The summed E-state index contributed by atoms with van der Waals surface area (Å²) in [5.74, 6) is 0. The van der Waals surface area contributed by atoms with Crippen molar-refractivity contribution in [2.45, 2.75) is 23.0 Å². The van der Waals surface area contributed by atoms with E-state index in [1.165, 1.54) is 0 Å². The van der Waals surface area contributed by atoms with Gasteiger partial charge in [-0.15, -0.1) is 6.58 Å². The maximum absolute atomic E-state index is 13.0. The first-order chi connectivity index (χ1) is 9.91. The molecule has 0 aromatic heterocycles. The number of allylic oxidation sites excluding steroid dienone is 1. The largest absolute Gasteiger partial charge is 0.223 e. The summed E-state index contributed by atoms with van der Waals surface area (Å²) in [6.45, 7) is 5.43. The summed E-state index contributed by atoms with van der Waals surface area (Å²) in [5.41, 5.74) is 0.704. The molecule has 21 heavy (non-hydrogen) atoms. The molecule has 0 N–H and O–H groups in total. The second-order valence-corrected chi connectivity index (χ2v) is 7.86. The molecule has 0 heterocycles. The molecule has 0 aliphatic heterocycles. The first-order valence-corrected chi connectivity index (χ1v) is 8.44. The van der Waals surface area contributed by atoms with E-state index in [1.807, 2.05) is 0 Å². The number of rotatable bonds is 5. The predicted molar refractivity (Wildman–Crippen MR) is 87.2 cm³/mol. The van der Waals surface area contributed by atoms with Gasteiger partial charge in [0.1, 0.15) is 4.75 Å². The van der Waals surface area contributed by atoms with Crippen LogP contribution in [0.3, 0.4) is 0 Å². The fraction of sp³-hybridized carbons (Fsp3) is 0.176. The minimum Gasteiger partial charge on any atom is -0.223 e. The van der Waals surface area contributed by atoms with E-state index in [2.05, 4.69) is 6.58 Å². The molecule has 2 rings (SSSR count). The van der Waals surface area contributed by atoms with Crippen LogP contribution in [-0.4, -0.2) is 8.42 Å². The Hall–Kier alpha value is -1.58. The predicted octanol–water partition coefficient (Wildman–Crippen LogP) is 4.61. The Balaban J connectivity index is 2.62. The summed E-state index contributed by atoms with van der Waals surface area (Å²) >= 11 is 5.90. The molecule has 2 aromatic carbocycles. The SMILES string of the molecule is C=CC[C@](C)(c1ccc(Cl)cc1)S(=O)(=O)c1ccccc1. The summed E-state index contributed by atoms with van der Waals surface area (Å²) in [6, 6.07) is 15.4. The van der Waals surface area contributed by atoms with Crippen LogP contribution in [0.4, 0.5) is 0 Å². The lowest BCUT2D eigenvalue weighted by Gasteiger charge is -2.29. The minimum atomic E-state index is -3.54. The molecule has 0 bridgehead atoms. The van der Waals surface area contributed by atoms with Gasteiger partial charge in [0.05, 0.1) is 4.90 Å². The number of hydrogen-bond donors (Lipinski definition) is 0. The van der Waals surface area contributed by atoms with E-state index in [1.54, 1.807) is 67.6 Å². The topological polar surface area (TPSA) is 34.1 Å². The van der Waals surface area contributed by atoms with E-state index >= 15 is 0 Å². The zero-order chi connectivity index (χ0) is 15.5. The summed E-state index contributed by atoms with van der Waals surface area (Å²) < 4.78 is 25.0. The van der Waals surface area contributed by atoms with Crippen LogP contribution < -0.4 is 0 Å². The van der Waals surface area contributed by atoms with Crippen LogP contribution in [0.2, 0.25) is 5.02 Å². The quantitative estimate of drug-likeness (QED) is 0.754. The highest BCUT2D eigenvalue weighted by molar-refractivity contribution is 7.92. The molecule has 1 atom stereocenters. The molecule has 2 aromatic rings. The van der Waals surface area contributed by atoms with Crippen LogP contribution in [0.5, 0.6) is 0 Å². The molecule has 0 aliphatic rings. The van der Waals surface area contributed by atoms with Crippen LogP contribution in [0.25, 0.3) is 0 Å². The number of hydrogen-bond acceptors (Lipinski definition) is 2. The van der Waals surface area contributed by atoms with Crippen LogP contribution in [0.15, 0.2) is 72.1 Å². The molecule has 0 spiro atoms. The Morgan fingerprint density at radius 2 is 1.67 bits per heavy atom. The van der Waals surface area contributed by atoms with E-state index in [0.29, 0.717) is 21.9 Å². The van der Waals surface area contributed by atoms with Crippen molar-refractivity contribution >= 4 is 21.4 Å². The third kappa shape index (κ3) is 2.89. The van der Waals surface area contributed by atoms with E-state index in [9.17, 15) is 8.42 Å². The van der Waals surface area contributed by atoms with Crippen LogP contribution in [0.1, 0.15) is 18.9 Å². The molecular weight excluding hydrogens is 304 g/mol. The van der Waals surface area contributed by atoms with Crippen LogP contribution in [-0.2, 0) is 14.6 Å². The smallest absolute Gasteiger partial charge is 0.188 e. The average molecular weight is 321 g/mol. The van der Waals surface area contributed by atoms with Crippen molar-refractivity contribution in [3.63, 3.8) is 0 Å². The van der Waals surface area contributed by atoms with Crippen molar-refractivity contribution in [3.05, 3.63) is 77.8 Å².